The predicted molar refractivity (Wildman–Crippen MR) is 82.7 cm³/mol. The molecular weight excluding hydrogens is 284 g/mol. The first-order chi connectivity index (χ1) is 10.5. The first-order valence-electron chi connectivity index (χ1n) is 7.50. The largest absolute Gasteiger partial charge is 0.490 e. The van der Waals surface area contributed by atoms with Crippen molar-refractivity contribution in [1.82, 2.24) is 4.90 Å². The SMILES string of the molecule is Cc1cccc(OC[C@]2(O)COCCN(C(=O)CCN)C2)c1. The molecule has 1 aliphatic rings. The third-order valence-corrected chi connectivity index (χ3v) is 3.57. The van der Waals surface area contributed by atoms with Crippen molar-refractivity contribution >= 4 is 5.91 Å². The molecule has 22 heavy (non-hydrogen) atoms. The Bertz CT molecular complexity index is 509. The summed E-state index contributed by atoms with van der Waals surface area (Å²) in [6, 6.07) is 7.61. The number of amides is 1. The standard InChI is InChI=1S/C16H24N2O4/c1-13-3-2-4-14(9-13)22-12-16(20)10-18(7-8-21-11-16)15(19)5-6-17/h2-4,9,20H,5-8,10-12,17H2,1H3/t16-/m1/s1. The Hall–Kier alpha value is -1.63. The van der Waals surface area contributed by atoms with Crippen LogP contribution in [-0.4, -0.2) is 61.0 Å². The van der Waals surface area contributed by atoms with E-state index in [1.165, 1.54) is 0 Å². The van der Waals surface area contributed by atoms with Gasteiger partial charge in [-0.15, -0.1) is 0 Å². The van der Waals surface area contributed by atoms with Crippen LogP contribution in [0.25, 0.3) is 0 Å². The summed E-state index contributed by atoms with van der Waals surface area (Å²) in [4.78, 5) is 13.6. The maximum Gasteiger partial charge on any atom is 0.224 e. The summed E-state index contributed by atoms with van der Waals surface area (Å²) in [6.07, 6.45) is 0.273. The average Bonchev–Trinajstić information content (AvgIpc) is 2.68. The molecule has 1 amide bonds. The molecule has 0 unspecified atom stereocenters. The molecule has 1 aromatic rings. The van der Waals surface area contributed by atoms with Gasteiger partial charge in [-0.1, -0.05) is 12.1 Å². The number of hydrogen-bond acceptors (Lipinski definition) is 5. The van der Waals surface area contributed by atoms with E-state index in [1.807, 2.05) is 31.2 Å². The minimum atomic E-state index is -1.22. The highest BCUT2D eigenvalue weighted by atomic mass is 16.5. The topological polar surface area (TPSA) is 85.0 Å². The van der Waals surface area contributed by atoms with Crippen LogP contribution in [0.3, 0.4) is 0 Å². The van der Waals surface area contributed by atoms with E-state index in [4.69, 9.17) is 15.2 Å². The lowest BCUT2D eigenvalue weighted by Gasteiger charge is -2.30. The van der Waals surface area contributed by atoms with Gasteiger partial charge in [0.2, 0.25) is 5.91 Å². The van der Waals surface area contributed by atoms with Crippen molar-refractivity contribution in [3.63, 3.8) is 0 Å². The quantitative estimate of drug-likeness (QED) is 0.818. The van der Waals surface area contributed by atoms with Gasteiger partial charge in [0.25, 0.3) is 0 Å². The van der Waals surface area contributed by atoms with Gasteiger partial charge in [-0.25, -0.2) is 0 Å². The summed E-state index contributed by atoms with van der Waals surface area (Å²) in [7, 11) is 0. The molecule has 1 fully saturated rings. The Kier molecular flexibility index (Phi) is 5.76. The number of ether oxygens (including phenoxy) is 2. The molecule has 6 nitrogen and oxygen atoms in total. The van der Waals surface area contributed by atoms with Gasteiger partial charge in [-0.3, -0.25) is 4.79 Å². The van der Waals surface area contributed by atoms with E-state index >= 15 is 0 Å². The van der Waals surface area contributed by atoms with E-state index in [-0.39, 0.29) is 32.1 Å². The second kappa shape index (κ2) is 7.58. The van der Waals surface area contributed by atoms with Gasteiger partial charge in [0.1, 0.15) is 18.0 Å². The van der Waals surface area contributed by atoms with Crippen molar-refractivity contribution in [3.05, 3.63) is 29.8 Å². The van der Waals surface area contributed by atoms with Crippen LogP contribution in [0.2, 0.25) is 0 Å². The summed E-state index contributed by atoms with van der Waals surface area (Å²) < 4.78 is 11.1. The number of aliphatic hydroxyl groups is 1. The summed E-state index contributed by atoms with van der Waals surface area (Å²) in [5.41, 5.74) is 5.29. The minimum Gasteiger partial charge on any atom is -0.490 e. The summed E-state index contributed by atoms with van der Waals surface area (Å²) in [5.74, 6) is 0.625. The number of aryl methyl sites for hydroxylation is 1. The van der Waals surface area contributed by atoms with Gasteiger partial charge in [-0.2, -0.15) is 0 Å². The van der Waals surface area contributed by atoms with Crippen LogP contribution >= 0.6 is 0 Å². The van der Waals surface area contributed by atoms with Gasteiger partial charge in [-0.05, 0) is 24.6 Å². The third kappa shape index (κ3) is 4.69. The lowest BCUT2D eigenvalue weighted by atomic mass is 10.1. The first kappa shape index (κ1) is 16.7. The fraction of sp³-hybridized carbons (Fsp3) is 0.562. The number of carbonyl (C=O) groups is 1. The summed E-state index contributed by atoms with van der Waals surface area (Å²) in [5, 5.41) is 10.7. The summed E-state index contributed by atoms with van der Waals surface area (Å²) in [6.45, 7) is 3.55. The number of β-amino-alcohol motifs (C(OH)–C–C–N with tert-alkyl or cyclic N) is 1. The van der Waals surface area contributed by atoms with Crippen molar-refractivity contribution in [3.8, 4) is 5.75 Å². The highest BCUT2D eigenvalue weighted by Gasteiger charge is 2.35. The summed E-state index contributed by atoms with van der Waals surface area (Å²) >= 11 is 0. The number of hydrogen-bond donors (Lipinski definition) is 2. The van der Waals surface area contributed by atoms with Crippen LogP contribution in [-0.2, 0) is 9.53 Å². The van der Waals surface area contributed by atoms with E-state index < -0.39 is 5.60 Å². The molecule has 122 valence electrons. The van der Waals surface area contributed by atoms with Crippen LogP contribution in [0.5, 0.6) is 5.75 Å². The van der Waals surface area contributed by atoms with Gasteiger partial charge in [0.05, 0.1) is 19.8 Å². The zero-order valence-corrected chi connectivity index (χ0v) is 13.0. The molecule has 0 spiro atoms. The molecule has 2 rings (SSSR count). The van der Waals surface area contributed by atoms with E-state index in [9.17, 15) is 9.90 Å². The molecule has 6 heteroatoms. The van der Waals surface area contributed by atoms with E-state index in [0.29, 0.717) is 25.4 Å². The number of rotatable bonds is 5. The van der Waals surface area contributed by atoms with Crippen LogP contribution in [0.15, 0.2) is 24.3 Å². The normalized spacial score (nSPS) is 22.2. The van der Waals surface area contributed by atoms with Gasteiger partial charge in [0, 0.05) is 19.5 Å². The van der Waals surface area contributed by atoms with Crippen molar-refractivity contribution in [2.24, 2.45) is 5.73 Å². The Labute approximate surface area is 130 Å². The lowest BCUT2D eigenvalue weighted by Crippen LogP contribution is -2.50. The van der Waals surface area contributed by atoms with E-state index in [2.05, 4.69) is 0 Å². The van der Waals surface area contributed by atoms with Crippen molar-refractivity contribution < 1.29 is 19.4 Å². The molecule has 0 aromatic heterocycles. The maximum atomic E-state index is 12.0. The number of nitrogens with zero attached hydrogens (tertiary/aromatic N) is 1. The Morgan fingerprint density at radius 2 is 2.36 bits per heavy atom. The lowest BCUT2D eigenvalue weighted by molar-refractivity contribution is -0.134. The van der Waals surface area contributed by atoms with Gasteiger partial charge >= 0.3 is 0 Å². The number of carbonyl (C=O) groups excluding carboxylic acids is 1. The van der Waals surface area contributed by atoms with Gasteiger partial charge in [0.15, 0.2) is 0 Å². The van der Waals surface area contributed by atoms with Crippen molar-refractivity contribution in [1.29, 1.82) is 0 Å². The minimum absolute atomic E-state index is 0.0676. The van der Waals surface area contributed by atoms with Crippen LogP contribution in [0, 0.1) is 6.92 Å². The average molecular weight is 308 g/mol. The molecule has 1 atom stereocenters. The smallest absolute Gasteiger partial charge is 0.224 e. The van der Waals surface area contributed by atoms with Crippen LogP contribution in [0.4, 0.5) is 0 Å². The second-order valence-electron chi connectivity index (χ2n) is 5.74. The fourth-order valence-electron chi connectivity index (χ4n) is 2.42. The molecule has 0 radical (unpaired) electrons. The molecule has 1 heterocycles. The Morgan fingerprint density at radius 1 is 1.55 bits per heavy atom. The van der Waals surface area contributed by atoms with Crippen LogP contribution in [0.1, 0.15) is 12.0 Å². The van der Waals surface area contributed by atoms with Crippen molar-refractivity contribution in [2.45, 2.75) is 18.9 Å². The van der Waals surface area contributed by atoms with E-state index in [0.717, 1.165) is 5.56 Å². The third-order valence-electron chi connectivity index (χ3n) is 3.57. The molecule has 3 N–H and O–H groups in total. The Balaban J connectivity index is 1.98. The molecule has 0 saturated carbocycles. The number of nitrogens with two attached hydrogens (primary N) is 1. The maximum absolute atomic E-state index is 12.0. The fourth-order valence-corrected chi connectivity index (χ4v) is 2.42. The first-order valence-corrected chi connectivity index (χ1v) is 7.50. The van der Waals surface area contributed by atoms with Crippen molar-refractivity contribution in [2.75, 3.05) is 39.5 Å². The number of benzene rings is 1. The molecule has 1 aromatic carbocycles. The second-order valence-corrected chi connectivity index (χ2v) is 5.74. The highest BCUT2D eigenvalue weighted by molar-refractivity contribution is 5.76. The molecular formula is C16H24N2O4. The molecule has 1 saturated heterocycles. The van der Waals surface area contributed by atoms with Crippen LogP contribution < -0.4 is 10.5 Å². The van der Waals surface area contributed by atoms with E-state index in [1.54, 1.807) is 4.90 Å². The highest BCUT2D eigenvalue weighted by Crippen LogP contribution is 2.18. The monoisotopic (exact) mass is 308 g/mol. The Morgan fingerprint density at radius 3 is 3.09 bits per heavy atom. The van der Waals surface area contributed by atoms with Gasteiger partial charge < -0.3 is 25.2 Å². The molecule has 0 aliphatic carbocycles. The predicted octanol–water partition coefficient (Wildman–Crippen LogP) is 0.313. The molecule has 1 aliphatic heterocycles. The zero-order valence-electron chi connectivity index (χ0n) is 13.0. The zero-order chi connectivity index (χ0) is 16.0. The molecule has 0 bridgehead atoms.